The van der Waals surface area contributed by atoms with E-state index in [2.05, 4.69) is 41.9 Å². The van der Waals surface area contributed by atoms with E-state index in [-0.39, 0.29) is 0 Å². The smallest absolute Gasteiger partial charge is 0.189 e. The van der Waals surface area contributed by atoms with Gasteiger partial charge in [0, 0.05) is 11.1 Å². The van der Waals surface area contributed by atoms with Crippen molar-refractivity contribution >= 4 is 22.7 Å². The molecule has 2 aromatic rings. The zero-order valence-corrected chi connectivity index (χ0v) is 11.1. The van der Waals surface area contributed by atoms with Crippen molar-refractivity contribution in [2.75, 3.05) is 5.75 Å². The Bertz CT molecular complexity index is 612. The van der Waals surface area contributed by atoms with Crippen LogP contribution in [0.1, 0.15) is 16.8 Å². The number of nitrogens with zero attached hydrogens (tertiary/aromatic N) is 2. The lowest BCUT2D eigenvalue weighted by molar-refractivity contribution is 0.967. The van der Waals surface area contributed by atoms with Crippen molar-refractivity contribution in [3.8, 4) is 12.3 Å². The number of aromatic nitrogens is 2. The molecule has 0 spiro atoms. The monoisotopic (exact) mass is 242 g/mol. The number of hydrogen-bond acceptors (Lipinski definition) is 3. The van der Waals surface area contributed by atoms with Crippen LogP contribution >= 0.6 is 11.8 Å². The first-order valence-electron chi connectivity index (χ1n) is 5.43. The van der Waals surface area contributed by atoms with Gasteiger partial charge in [0.15, 0.2) is 5.16 Å². The normalized spacial score (nSPS) is 10.5. The van der Waals surface area contributed by atoms with Gasteiger partial charge in [0.05, 0.1) is 11.3 Å². The first kappa shape index (κ1) is 11.9. The van der Waals surface area contributed by atoms with Crippen LogP contribution in [0.4, 0.5) is 0 Å². The minimum absolute atomic E-state index is 0.607. The number of terminal acetylenes is 1. The molecule has 86 valence electrons. The molecule has 0 aliphatic rings. The molecule has 0 radical (unpaired) electrons. The van der Waals surface area contributed by atoms with Gasteiger partial charge in [0.2, 0.25) is 0 Å². The Hall–Kier alpha value is -1.53. The van der Waals surface area contributed by atoms with Crippen LogP contribution in [0.15, 0.2) is 17.3 Å². The summed E-state index contributed by atoms with van der Waals surface area (Å²) < 4.78 is 0. The molecular weight excluding hydrogens is 228 g/mol. The molecule has 2 rings (SSSR count). The number of benzene rings is 1. The van der Waals surface area contributed by atoms with Gasteiger partial charge in [-0.3, -0.25) is 0 Å². The molecule has 1 aromatic carbocycles. The Morgan fingerprint density at radius 2 is 2.00 bits per heavy atom. The molecule has 17 heavy (non-hydrogen) atoms. The summed E-state index contributed by atoms with van der Waals surface area (Å²) in [5, 5.41) is 1.90. The van der Waals surface area contributed by atoms with Gasteiger partial charge in [0.25, 0.3) is 0 Å². The van der Waals surface area contributed by atoms with Gasteiger partial charge in [-0.15, -0.1) is 6.42 Å². The molecule has 0 saturated carbocycles. The van der Waals surface area contributed by atoms with Crippen LogP contribution in [-0.4, -0.2) is 15.7 Å². The van der Waals surface area contributed by atoms with E-state index in [1.807, 2.05) is 6.92 Å². The van der Waals surface area contributed by atoms with Gasteiger partial charge in [-0.05, 0) is 32.4 Å². The number of thioether (sulfide) groups is 1. The van der Waals surface area contributed by atoms with Crippen molar-refractivity contribution in [2.24, 2.45) is 0 Å². The third-order valence-electron chi connectivity index (χ3n) is 2.59. The highest BCUT2D eigenvalue weighted by atomic mass is 32.2. The van der Waals surface area contributed by atoms with Gasteiger partial charge in [-0.1, -0.05) is 29.3 Å². The van der Waals surface area contributed by atoms with Crippen LogP contribution in [0.5, 0.6) is 0 Å². The highest BCUT2D eigenvalue weighted by molar-refractivity contribution is 7.99. The number of hydrogen-bond donors (Lipinski definition) is 0. The summed E-state index contributed by atoms with van der Waals surface area (Å²) in [6, 6.07) is 4.28. The largest absolute Gasteiger partial charge is 0.227 e. The Labute approximate surface area is 106 Å². The fourth-order valence-corrected chi connectivity index (χ4v) is 2.45. The molecule has 0 saturated heterocycles. The maximum absolute atomic E-state index is 5.25. The van der Waals surface area contributed by atoms with Crippen LogP contribution in [0.3, 0.4) is 0 Å². The van der Waals surface area contributed by atoms with Crippen LogP contribution < -0.4 is 0 Å². The Morgan fingerprint density at radius 3 is 2.71 bits per heavy atom. The fourth-order valence-electron chi connectivity index (χ4n) is 1.88. The number of fused-ring (bicyclic) bond motifs is 1. The number of aryl methyl sites for hydroxylation is 3. The molecule has 0 fully saturated rings. The van der Waals surface area contributed by atoms with E-state index in [1.165, 1.54) is 22.9 Å². The molecule has 1 aromatic heterocycles. The SMILES string of the molecule is C#CCSc1nc(C)c2cc(C)cc(C)c2n1. The topological polar surface area (TPSA) is 25.8 Å². The molecule has 0 aliphatic carbocycles. The first-order valence-corrected chi connectivity index (χ1v) is 6.42. The molecule has 0 unspecified atom stereocenters. The summed E-state index contributed by atoms with van der Waals surface area (Å²) in [7, 11) is 0. The van der Waals surface area contributed by atoms with Crippen LogP contribution in [0, 0.1) is 33.1 Å². The second-order valence-electron chi connectivity index (χ2n) is 4.06. The van der Waals surface area contributed by atoms with E-state index in [9.17, 15) is 0 Å². The van der Waals surface area contributed by atoms with Crippen molar-refractivity contribution in [3.63, 3.8) is 0 Å². The second kappa shape index (κ2) is 4.77. The van der Waals surface area contributed by atoms with Crippen molar-refractivity contribution < 1.29 is 0 Å². The fraction of sp³-hybridized carbons (Fsp3) is 0.286. The zero-order valence-electron chi connectivity index (χ0n) is 10.2. The van der Waals surface area contributed by atoms with Crippen molar-refractivity contribution in [2.45, 2.75) is 25.9 Å². The van der Waals surface area contributed by atoms with Crippen LogP contribution in [0.2, 0.25) is 0 Å². The molecule has 0 atom stereocenters. The lowest BCUT2D eigenvalue weighted by atomic mass is 10.1. The maximum atomic E-state index is 5.25. The average Bonchev–Trinajstić information content (AvgIpc) is 2.28. The Balaban J connectivity index is 2.61. The van der Waals surface area contributed by atoms with E-state index in [0.29, 0.717) is 5.75 Å². The molecule has 3 heteroatoms. The van der Waals surface area contributed by atoms with Crippen molar-refractivity contribution in [1.29, 1.82) is 0 Å². The van der Waals surface area contributed by atoms with Gasteiger partial charge in [-0.2, -0.15) is 0 Å². The summed E-state index contributed by atoms with van der Waals surface area (Å²) in [4.78, 5) is 9.05. The van der Waals surface area contributed by atoms with E-state index in [0.717, 1.165) is 21.8 Å². The van der Waals surface area contributed by atoms with Crippen LogP contribution in [-0.2, 0) is 0 Å². The van der Waals surface area contributed by atoms with E-state index >= 15 is 0 Å². The molecule has 0 N–H and O–H groups in total. The summed E-state index contributed by atoms with van der Waals surface area (Å²) in [5.41, 5.74) is 4.47. The summed E-state index contributed by atoms with van der Waals surface area (Å²) in [6.45, 7) is 6.19. The minimum atomic E-state index is 0.607. The lowest BCUT2D eigenvalue weighted by Gasteiger charge is -2.07. The second-order valence-corrected chi connectivity index (χ2v) is 5.00. The summed E-state index contributed by atoms with van der Waals surface area (Å²) >= 11 is 1.50. The van der Waals surface area contributed by atoms with E-state index in [1.54, 1.807) is 0 Å². The number of rotatable bonds is 2. The average molecular weight is 242 g/mol. The first-order chi connectivity index (χ1) is 8.11. The minimum Gasteiger partial charge on any atom is -0.227 e. The molecule has 0 aliphatic heterocycles. The van der Waals surface area contributed by atoms with Gasteiger partial charge >= 0.3 is 0 Å². The molecular formula is C14H14N2S. The van der Waals surface area contributed by atoms with Gasteiger partial charge < -0.3 is 0 Å². The maximum Gasteiger partial charge on any atom is 0.189 e. The predicted molar refractivity (Wildman–Crippen MR) is 73.3 cm³/mol. The summed E-state index contributed by atoms with van der Waals surface area (Å²) in [5.74, 6) is 3.20. The highest BCUT2D eigenvalue weighted by Gasteiger charge is 2.07. The lowest BCUT2D eigenvalue weighted by Crippen LogP contribution is -1.95. The zero-order chi connectivity index (χ0) is 12.4. The van der Waals surface area contributed by atoms with Gasteiger partial charge in [0.1, 0.15) is 0 Å². The molecule has 2 nitrogen and oxygen atoms in total. The molecule has 1 heterocycles. The van der Waals surface area contributed by atoms with E-state index in [4.69, 9.17) is 6.42 Å². The third-order valence-corrected chi connectivity index (χ3v) is 3.34. The van der Waals surface area contributed by atoms with Crippen molar-refractivity contribution in [3.05, 3.63) is 29.0 Å². The van der Waals surface area contributed by atoms with Gasteiger partial charge in [-0.25, -0.2) is 9.97 Å². The van der Waals surface area contributed by atoms with Crippen LogP contribution in [0.25, 0.3) is 10.9 Å². The molecule has 0 bridgehead atoms. The Morgan fingerprint density at radius 1 is 1.24 bits per heavy atom. The van der Waals surface area contributed by atoms with E-state index < -0.39 is 0 Å². The van der Waals surface area contributed by atoms with Crippen molar-refractivity contribution in [1.82, 2.24) is 9.97 Å². The standard InChI is InChI=1S/C14H14N2S/c1-5-6-17-14-15-11(4)12-8-9(2)7-10(3)13(12)16-14/h1,7-8H,6H2,2-4H3. The predicted octanol–water partition coefficient (Wildman–Crippen LogP) is 3.28. The Kier molecular flexibility index (Phi) is 3.35. The highest BCUT2D eigenvalue weighted by Crippen LogP contribution is 2.24. The summed E-state index contributed by atoms with van der Waals surface area (Å²) in [6.07, 6.45) is 5.25. The molecule has 0 amide bonds. The third kappa shape index (κ3) is 2.42. The quantitative estimate of drug-likeness (QED) is 0.459.